The summed E-state index contributed by atoms with van der Waals surface area (Å²) in [7, 11) is 0. The van der Waals surface area contributed by atoms with Crippen molar-refractivity contribution in [3.63, 3.8) is 0 Å². The van der Waals surface area contributed by atoms with E-state index in [1.165, 1.54) is 0 Å². The van der Waals surface area contributed by atoms with Crippen LogP contribution in [0.3, 0.4) is 0 Å². The predicted octanol–water partition coefficient (Wildman–Crippen LogP) is 0.959. The van der Waals surface area contributed by atoms with Gasteiger partial charge in [0.2, 0.25) is 5.91 Å². The number of carbonyl (C=O) groups excluding carboxylic acids is 2. The van der Waals surface area contributed by atoms with E-state index in [1.54, 1.807) is 16.7 Å². The van der Waals surface area contributed by atoms with Crippen molar-refractivity contribution in [1.29, 1.82) is 0 Å². The van der Waals surface area contributed by atoms with Crippen LogP contribution in [0.2, 0.25) is 0 Å². The molecule has 1 heterocycles. The van der Waals surface area contributed by atoms with Crippen molar-refractivity contribution >= 4 is 23.6 Å². The van der Waals surface area contributed by atoms with Crippen molar-refractivity contribution < 1.29 is 9.59 Å². The van der Waals surface area contributed by atoms with Gasteiger partial charge in [-0.2, -0.15) is 0 Å². The molecule has 1 aliphatic heterocycles. The lowest BCUT2D eigenvalue weighted by molar-refractivity contribution is -0.126. The smallest absolute Gasteiger partial charge is 0.255 e. The Bertz CT molecular complexity index is 521. The molecule has 2 N–H and O–H groups in total. The van der Waals surface area contributed by atoms with Crippen molar-refractivity contribution in [3.05, 3.63) is 29.8 Å². The predicted molar refractivity (Wildman–Crippen MR) is 84.6 cm³/mol. The van der Waals surface area contributed by atoms with Crippen molar-refractivity contribution in [1.82, 2.24) is 15.5 Å². The standard InChI is InChI=1S/C15H21N3O2S/c1-3-17-14(19)12-10-16-8-9-18(12)15(20)11-6-4-5-7-13(11)21-2/h4-7,12,16H,3,8-10H2,1-2H3,(H,17,19). The maximum absolute atomic E-state index is 12.8. The molecule has 6 heteroatoms. The van der Waals surface area contributed by atoms with Crippen LogP contribution in [0.4, 0.5) is 0 Å². The highest BCUT2D eigenvalue weighted by atomic mass is 32.2. The minimum atomic E-state index is -0.443. The van der Waals surface area contributed by atoms with E-state index in [9.17, 15) is 9.59 Å². The van der Waals surface area contributed by atoms with Crippen LogP contribution in [0.1, 0.15) is 17.3 Å². The Hall–Kier alpha value is -1.53. The molecule has 0 aliphatic carbocycles. The second-order valence-corrected chi connectivity index (χ2v) is 5.66. The Kier molecular flexibility index (Phi) is 5.64. The number of thioether (sulfide) groups is 1. The lowest BCUT2D eigenvalue weighted by Crippen LogP contribution is -2.59. The number of piperazine rings is 1. The first-order chi connectivity index (χ1) is 10.2. The number of amides is 2. The zero-order valence-electron chi connectivity index (χ0n) is 12.4. The zero-order valence-corrected chi connectivity index (χ0v) is 13.2. The maximum Gasteiger partial charge on any atom is 0.255 e. The van der Waals surface area contributed by atoms with Crippen LogP contribution in [-0.2, 0) is 4.79 Å². The first-order valence-corrected chi connectivity index (χ1v) is 8.34. The lowest BCUT2D eigenvalue weighted by atomic mass is 10.1. The van der Waals surface area contributed by atoms with Gasteiger partial charge in [0.25, 0.3) is 5.91 Å². The Morgan fingerprint density at radius 2 is 2.19 bits per heavy atom. The average molecular weight is 307 g/mol. The molecule has 2 amide bonds. The highest BCUT2D eigenvalue weighted by molar-refractivity contribution is 7.98. The normalized spacial score (nSPS) is 18.4. The van der Waals surface area contributed by atoms with Crippen LogP contribution in [0.25, 0.3) is 0 Å². The van der Waals surface area contributed by atoms with Gasteiger partial charge in [-0.1, -0.05) is 12.1 Å². The molecule has 0 aromatic heterocycles. The molecule has 0 saturated carbocycles. The van der Waals surface area contributed by atoms with Gasteiger partial charge in [0.1, 0.15) is 6.04 Å². The van der Waals surface area contributed by atoms with E-state index in [0.717, 1.165) is 4.90 Å². The molecule has 1 aromatic carbocycles. The number of rotatable bonds is 4. The van der Waals surface area contributed by atoms with Crippen LogP contribution >= 0.6 is 11.8 Å². The molecule has 114 valence electrons. The van der Waals surface area contributed by atoms with E-state index in [2.05, 4.69) is 10.6 Å². The largest absolute Gasteiger partial charge is 0.355 e. The van der Waals surface area contributed by atoms with Crippen LogP contribution in [0.5, 0.6) is 0 Å². The van der Waals surface area contributed by atoms with Gasteiger partial charge in [0.05, 0.1) is 5.56 Å². The number of nitrogens with one attached hydrogen (secondary N) is 2. The fraction of sp³-hybridized carbons (Fsp3) is 0.467. The summed E-state index contributed by atoms with van der Waals surface area (Å²) in [5.41, 5.74) is 0.668. The summed E-state index contributed by atoms with van der Waals surface area (Å²) < 4.78 is 0. The van der Waals surface area contributed by atoms with E-state index >= 15 is 0 Å². The number of hydrogen-bond acceptors (Lipinski definition) is 4. The first-order valence-electron chi connectivity index (χ1n) is 7.11. The van der Waals surface area contributed by atoms with Crippen LogP contribution in [0.15, 0.2) is 29.2 Å². The van der Waals surface area contributed by atoms with E-state index in [0.29, 0.717) is 31.7 Å². The average Bonchev–Trinajstić information content (AvgIpc) is 2.54. The van der Waals surface area contributed by atoms with Crippen LogP contribution in [-0.4, -0.2) is 55.2 Å². The van der Waals surface area contributed by atoms with Gasteiger partial charge in [0, 0.05) is 31.1 Å². The summed E-state index contributed by atoms with van der Waals surface area (Å²) in [6, 6.07) is 7.09. The Labute approximate surface area is 129 Å². The summed E-state index contributed by atoms with van der Waals surface area (Å²) in [5, 5.41) is 5.98. The molecular weight excluding hydrogens is 286 g/mol. The molecule has 0 bridgehead atoms. The van der Waals surface area contributed by atoms with Gasteiger partial charge >= 0.3 is 0 Å². The molecule has 5 nitrogen and oxygen atoms in total. The number of carbonyl (C=O) groups is 2. The number of benzene rings is 1. The van der Waals surface area contributed by atoms with Crippen molar-refractivity contribution in [2.45, 2.75) is 17.9 Å². The first kappa shape index (κ1) is 15.9. The molecule has 1 atom stereocenters. The van der Waals surface area contributed by atoms with Gasteiger partial charge in [0.15, 0.2) is 0 Å². The van der Waals surface area contributed by atoms with Crippen molar-refractivity contribution in [2.75, 3.05) is 32.4 Å². The second kappa shape index (κ2) is 7.47. The molecule has 2 rings (SSSR count). The summed E-state index contributed by atoms with van der Waals surface area (Å²) in [6.07, 6.45) is 1.95. The molecular formula is C15H21N3O2S. The molecule has 21 heavy (non-hydrogen) atoms. The Morgan fingerprint density at radius 3 is 2.90 bits per heavy atom. The van der Waals surface area contributed by atoms with E-state index in [1.807, 2.05) is 37.4 Å². The van der Waals surface area contributed by atoms with E-state index in [-0.39, 0.29) is 11.8 Å². The van der Waals surface area contributed by atoms with Gasteiger partial charge in [-0.05, 0) is 25.3 Å². The number of likely N-dealkylation sites (N-methyl/N-ethyl adjacent to an activating group) is 1. The minimum absolute atomic E-state index is 0.0716. The van der Waals surface area contributed by atoms with Gasteiger partial charge < -0.3 is 15.5 Å². The number of nitrogens with zero attached hydrogens (tertiary/aromatic N) is 1. The highest BCUT2D eigenvalue weighted by Crippen LogP contribution is 2.22. The summed E-state index contributed by atoms with van der Waals surface area (Å²) in [5.74, 6) is -0.169. The molecule has 0 spiro atoms. The quantitative estimate of drug-likeness (QED) is 0.814. The molecule has 1 unspecified atom stereocenters. The molecule has 1 aromatic rings. The Balaban J connectivity index is 2.24. The molecule has 1 fully saturated rings. The highest BCUT2D eigenvalue weighted by Gasteiger charge is 2.32. The fourth-order valence-electron chi connectivity index (χ4n) is 2.45. The summed E-state index contributed by atoms with van der Waals surface area (Å²) in [4.78, 5) is 27.6. The maximum atomic E-state index is 12.8. The molecule has 1 saturated heterocycles. The number of hydrogen-bond donors (Lipinski definition) is 2. The van der Waals surface area contributed by atoms with Gasteiger partial charge in [-0.25, -0.2) is 0 Å². The fourth-order valence-corrected chi connectivity index (χ4v) is 3.04. The van der Waals surface area contributed by atoms with Crippen molar-refractivity contribution in [3.8, 4) is 0 Å². The monoisotopic (exact) mass is 307 g/mol. The second-order valence-electron chi connectivity index (χ2n) is 4.81. The Morgan fingerprint density at radius 1 is 1.43 bits per heavy atom. The molecule has 0 radical (unpaired) electrons. The third kappa shape index (κ3) is 3.57. The van der Waals surface area contributed by atoms with E-state index < -0.39 is 6.04 Å². The SMILES string of the molecule is CCNC(=O)C1CNCCN1C(=O)c1ccccc1SC. The minimum Gasteiger partial charge on any atom is -0.355 e. The third-order valence-electron chi connectivity index (χ3n) is 3.50. The topological polar surface area (TPSA) is 61.4 Å². The van der Waals surface area contributed by atoms with Crippen LogP contribution in [0, 0.1) is 0 Å². The van der Waals surface area contributed by atoms with Gasteiger partial charge in [-0.15, -0.1) is 11.8 Å². The van der Waals surface area contributed by atoms with Gasteiger partial charge in [-0.3, -0.25) is 9.59 Å². The zero-order chi connectivity index (χ0) is 15.2. The third-order valence-corrected chi connectivity index (χ3v) is 4.29. The summed E-state index contributed by atoms with van der Waals surface area (Å²) >= 11 is 1.54. The molecule has 1 aliphatic rings. The summed E-state index contributed by atoms with van der Waals surface area (Å²) in [6.45, 7) is 4.20. The van der Waals surface area contributed by atoms with Crippen LogP contribution < -0.4 is 10.6 Å². The van der Waals surface area contributed by atoms with E-state index in [4.69, 9.17) is 0 Å². The van der Waals surface area contributed by atoms with Crippen molar-refractivity contribution in [2.24, 2.45) is 0 Å². The lowest BCUT2D eigenvalue weighted by Gasteiger charge is -2.35.